The van der Waals surface area contributed by atoms with Crippen molar-refractivity contribution in [3.63, 3.8) is 0 Å². The maximum atomic E-state index is 12.7. The molecule has 3 aliphatic rings. The van der Waals surface area contributed by atoms with Crippen LogP contribution in [-0.2, 0) is 7.05 Å². The number of carbonyl (C=O) groups excluding carboxylic acids is 1. The molecule has 4 unspecified atom stereocenters. The maximum Gasteiger partial charge on any atom is 0.258 e. The first kappa shape index (κ1) is 14.7. The van der Waals surface area contributed by atoms with Crippen LogP contribution in [0.1, 0.15) is 42.7 Å². The first-order valence-corrected chi connectivity index (χ1v) is 8.59. The zero-order chi connectivity index (χ0) is 16.4. The van der Waals surface area contributed by atoms with Crippen molar-refractivity contribution in [2.24, 2.45) is 36.1 Å². The van der Waals surface area contributed by atoms with Gasteiger partial charge in [0.15, 0.2) is 0 Å². The van der Waals surface area contributed by atoms with Gasteiger partial charge in [-0.05, 0) is 49.0 Å². The van der Waals surface area contributed by atoms with E-state index in [9.17, 15) is 4.79 Å². The molecule has 0 saturated heterocycles. The van der Waals surface area contributed by atoms with Crippen molar-refractivity contribution in [3.05, 3.63) is 41.4 Å². The fraction of sp³-hybridized carbons (Fsp3) is 0.579. The third-order valence-electron chi connectivity index (χ3n) is 6.50. The molecule has 23 heavy (non-hydrogen) atoms. The molecule has 1 heterocycles. The minimum atomic E-state index is -0.0310. The number of fused-ring (bicyclic) bond motifs is 5. The molecule has 1 aromatic heterocycles. The highest BCUT2D eigenvalue weighted by Gasteiger charge is 2.59. The van der Waals surface area contributed by atoms with Crippen LogP contribution in [0.2, 0.25) is 0 Å². The van der Waals surface area contributed by atoms with Gasteiger partial charge >= 0.3 is 0 Å². The highest BCUT2D eigenvalue weighted by Crippen LogP contribution is 2.65. The Morgan fingerprint density at radius 3 is 2.78 bits per heavy atom. The van der Waals surface area contributed by atoms with Crippen LogP contribution in [0.25, 0.3) is 0 Å². The lowest BCUT2D eigenvalue weighted by Gasteiger charge is -2.33. The van der Waals surface area contributed by atoms with E-state index in [4.69, 9.17) is 0 Å². The van der Waals surface area contributed by atoms with Crippen LogP contribution in [0.3, 0.4) is 0 Å². The van der Waals surface area contributed by atoms with Crippen LogP contribution in [0.5, 0.6) is 0 Å². The van der Waals surface area contributed by atoms with E-state index in [-0.39, 0.29) is 5.91 Å². The molecule has 4 heteroatoms. The smallest absolute Gasteiger partial charge is 0.258 e. The zero-order valence-electron chi connectivity index (χ0n) is 14.3. The fourth-order valence-corrected chi connectivity index (χ4v) is 5.45. The molecule has 4 nitrogen and oxygen atoms in total. The summed E-state index contributed by atoms with van der Waals surface area (Å²) in [4.78, 5) is 12.7. The van der Waals surface area contributed by atoms with E-state index in [1.54, 1.807) is 10.9 Å². The minimum Gasteiger partial charge on any atom is -0.325 e. The van der Waals surface area contributed by atoms with Crippen LogP contribution < -0.4 is 5.32 Å². The number of amides is 1. The number of nitrogens with one attached hydrogen (secondary N) is 1. The van der Waals surface area contributed by atoms with E-state index in [1.807, 2.05) is 14.0 Å². The summed E-state index contributed by atoms with van der Waals surface area (Å²) in [5, 5.41) is 7.48. The SMILES string of the molecule is Cc1nn(C)cc1C(=O)NC1=CC=CC2C1C1CCC2C1(C)C. The number of aromatic nitrogens is 2. The van der Waals surface area contributed by atoms with E-state index in [0.717, 1.165) is 17.3 Å². The Kier molecular flexibility index (Phi) is 3.09. The summed E-state index contributed by atoms with van der Waals surface area (Å²) in [5.41, 5.74) is 2.92. The molecule has 2 fully saturated rings. The molecule has 2 bridgehead atoms. The van der Waals surface area contributed by atoms with Crippen LogP contribution in [-0.4, -0.2) is 15.7 Å². The summed E-state index contributed by atoms with van der Waals surface area (Å²) in [6.45, 7) is 6.70. The van der Waals surface area contributed by atoms with E-state index in [1.165, 1.54) is 12.8 Å². The van der Waals surface area contributed by atoms with Gasteiger partial charge < -0.3 is 5.32 Å². The summed E-state index contributed by atoms with van der Waals surface area (Å²) < 4.78 is 1.70. The van der Waals surface area contributed by atoms with Gasteiger partial charge in [-0.1, -0.05) is 26.0 Å². The Hall–Kier alpha value is -1.84. The molecule has 1 amide bonds. The molecule has 1 aromatic rings. The molecule has 0 aromatic carbocycles. The van der Waals surface area contributed by atoms with Crippen molar-refractivity contribution in [1.82, 2.24) is 15.1 Å². The van der Waals surface area contributed by atoms with Gasteiger partial charge in [0, 0.05) is 24.9 Å². The van der Waals surface area contributed by atoms with Crippen LogP contribution >= 0.6 is 0 Å². The standard InChI is InChI=1S/C19H25N3O/c1-11-13(10-22(4)21-11)18(23)20-16-7-5-6-12-14-8-9-15(17(12)16)19(14,2)3/h5-7,10,12,14-15,17H,8-9H2,1-4H3,(H,20,23). The van der Waals surface area contributed by atoms with Gasteiger partial charge in [-0.25, -0.2) is 0 Å². The molecule has 0 radical (unpaired) electrons. The normalized spacial score (nSPS) is 33.5. The second-order valence-electron chi connectivity index (χ2n) is 7.98. The van der Waals surface area contributed by atoms with E-state index >= 15 is 0 Å². The maximum absolute atomic E-state index is 12.7. The summed E-state index contributed by atoms with van der Waals surface area (Å²) in [5.74, 6) is 2.43. The highest BCUT2D eigenvalue weighted by molar-refractivity contribution is 5.96. The van der Waals surface area contributed by atoms with Gasteiger partial charge in [-0.2, -0.15) is 5.10 Å². The van der Waals surface area contributed by atoms with Gasteiger partial charge in [0.1, 0.15) is 0 Å². The third kappa shape index (κ3) is 2.03. The Labute approximate surface area is 137 Å². The number of allylic oxidation sites excluding steroid dienone is 4. The van der Waals surface area contributed by atoms with Crippen molar-refractivity contribution < 1.29 is 4.79 Å². The molecule has 0 spiro atoms. The van der Waals surface area contributed by atoms with Gasteiger partial charge in [0.2, 0.25) is 0 Å². The number of hydrogen-bond donors (Lipinski definition) is 1. The van der Waals surface area contributed by atoms with Crippen LogP contribution in [0.4, 0.5) is 0 Å². The van der Waals surface area contributed by atoms with E-state index in [2.05, 4.69) is 42.5 Å². The quantitative estimate of drug-likeness (QED) is 0.911. The Balaban J connectivity index is 1.60. The second-order valence-corrected chi connectivity index (χ2v) is 7.98. The molecule has 3 aliphatic carbocycles. The first-order chi connectivity index (χ1) is 10.9. The topological polar surface area (TPSA) is 46.9 Å². The molecule has 0 aliphatic heterocycles. The number of nitrogens with zero attached hydrogens (tertiary/aromatic N) is 2. The number of hydrogen-bond acceptors (Lipinski definition) is 2. The Bertz CT molecular complexity index is 725. The third-order valence-corrected chi connectivity index (χ3v) is 6.50. The first-order valence-electron chi connectivity index (χ1n) is 8.59. The predicted octanol–water partition coefficient (Wildman–Crippen LogP) is 3.21. The van der Waals surface area contributed by atoms with Crippen molar-refractivity contribution in [2.45, 2.75) is 33.6 Å². The van der Waals surface area contributed by atoms with Crippen molar-refractivity contribution >= 4 is 5.91 Å². The average molecular weight is 311 g/mol. The lowest BCUT2D eigenvalue weighted by atomic mass is 9.75. The monoisotopic (exact) mass is 311 g/mol. The number of carbonyl (C=O) groups is 1. The van der Waals surface area contributed by atoms with Gasteiger partial charge in [0.05, 0.1) is 11.3 Å². The zero-order valence-corrected chi connectivity index (χ0v) is 14.3. The number of aryl methyl sites for hydroxylation is 2. The molecule has 4 atom stereocenters. The lowest BCUT2D eigenvalue weighted by Crippen LogP contribution is -2.34. The van der Waals surface area contributed by atoms with Gasteiger partial charge in [0.25, 0.3) is 5.91 Å². The Morgan fingerprint density at radius 1 is 1.35 bits per heavy atom. The molecular formula is C19H25N3O. The molecule has 4 rings (SSSR count). The van der Waals surface area contributed by atoms with Crippen molar-refractivity contribution in [1.29, 1.82) is 0 Å². The molecule has 2 saturated carbocycles. The lowest BCUT2D eigenvalue weighted by molar-refractivity contribution is 0.0954. The van der Waals surface area contributed by atoms with Gasteiger partial charge in [-0.3, -0.25) is 9.48 Å². The summed E-state index contributed by atoms with van der Waals surface area (Å²) >= 11 is 0. The average Bonchev–Trinajstić information content (AvgIpc) is 3.06. The summed E-state index contributed by atoms with van der Waals surface area (Å²) in [6.07, 6.45) is 11.0. The van der Waals surface area contributed by atoms with Crippen molar-refractivity contribution in [2.75, 3.05) is 0 Å². The minimum absolute atomic E-state index is 0.0310. The fourth-order valence-electron chi connectivity index (χ4n) is 5.45. The second kappa shape index (κ2) is 4.83. The predicted molar refractivity (Wildman–Crippen MR) is 89.6 cm³/mol. The Morgan fingerprint density at radius 2 is 2.09 bits per heavy atom. The molecule has 1 N–H and O–H groups in total. The van der Waals surface area contributed by atoms with Crippen LogP contribution in [0, 0.1) is 36.0 Å². The number of rotatable bonds is 2. The van der Waals surface area contributed by atoms with E-state index < -0.39 is 0 Å². The molecule has 122 valence electrons. The van der Waals surface area contributed by atoms with Crippen LogP contribution in [0.15, 0.2) is 30.1 Å². The van der Waals surface area contributed by atoms with Crippen molar-refractivity contribution in [3.8, 4) is 0 Å². The highest BCUT2D eigenvalue weighted by atomic mass is 16.1. The molecular weight excluding hydrogens is 286 g/mol. The summed E-state index contributed by atoms with van der Waals surface area (Å²) in [7, 11) is 1.85. The summed E-state index contributed by atoms with van der Waals surface area (Å²) in [6, 6.07) is 0. The van der Waals surface area contributed by atoms with Gasteiger partial charge in [-0.15, -0.1) is 0 Å². The van der Waals surface area contributed by atoms with E-state index in [0.29, 0.717) is 28.7 Å². The largest absolute Gasteiger partial charge is 0.325 e.